The minimum atomic E-state index is -1.16. The average molecular weight is 286 g/mol. The van der Waals surface area contributed by atoms with Crippen molar-refractivity contribution in [1.82, 2.24) is 10.3 Å². The van der Waals surface area contributed by atoms with Gasteiger partial charge < -0.3 is 15.4 Å². The van der Waals surface area contributed by atoms with E-state index in [9.17, 15) is 14.7 Å². The minimum Gasteiger partial charge on any atom is -0.384 e. The molecular weight excluding hydrogens is 268 g/mol. The van der Waals surface area contributed by atoms with E-state index in [1.807, 2.05) is 18.2 Å². The van der Waals surface area contributed by atoms with Gasteiger partial charge in [0.1, 0.15) is 5.60 Å². The number of aryl methyl sites for hydroxylation is 1. The summed E-state index contributed by atoms with van der Waals surface area (Å²) >= 11 is 0. The molecule has 0 radical (unpaired) electrons. The predicted octanol–water partition coefficient (Wildman–Crippen LogP) is 1.32. The Hall–Kier alpha value is -2.40. The zero-order chi connectivity index (χ0) is 15.5. The summed E-state index contributed by atoms with van der Waals surface area (Å²) in [4.78, 5) is 25.7. The van der Waals surface area contributed by atoms with Gasteiger partial charge in [-0.05, 0) is 25.0 Å². The standard InChI is InChI=1S/C16H18N2O3/c1-11-8-14(19)17-9-13(11)15(20)18-10-16(2,21)12-6-4-3-5-7-12/h3-9,21H,10H2,1-2H3,(H,17,19)(H,18,20). The van der Waals surface area contributed by atoms with Crippen molar-refractivity contribution in [3.63, 3.8) is 0 Å². The highest BCUT2D eigenvalue weighted by atomic mass is 16.3. The summed E-state index contributed by atoms with van der Waals surface area (Å²) in [6, 6.07) is 10.5. The van der Waals surface area contributed by atoms with Crippen LogP contribution in [-0.4, -0.2) is 22.5 Å². The molecule has 5 nitrogen and oxygen atoms in total. The van der Waals surface area contributed by atoms with Crippen LogP contribution in [0.25, 0.3) is 0 Å². The number of aromatic amines is 1. The highest BCUT2D eigenvalue weighted by molar-refractivity contribution is 5.95. The molecule has 3 N–H and O–H groups in total. The van der Waals surface area contributed by atoms with Gasteiger partial charge in [-0.3, -0.25) is 9.59 Å². The molecule has 0 spiro atoms. The summed E-state index contributed by atoms with van der Waals surface area (Å²) < 4.78 is 0. The van der Waals surface area contributed by atoms with Crippen LogP contribution in [-0.2, 0) is 5.60 Å². The maximum atomic E-state index is 12.1. The number of aromatic nitrogens is 1. The van der Waals surface area contributed by atoms with E-state index in [1.54, 1.807) is 26.0 Å². The Morgan fingerprint density at radius 1 is 1.33 bits per heavy atom. The Morgan fingerprint density at radius 3 is 2.62 bits per heavy atom. The first-order chi connectivity index (χ1) is 9.90. The van der Waals surface area contributed by atoms with Crippen molar-refractivity contribution in [3.8, 4) is 0 Å². The molecule has 2 rings (SSSR count). The lowest BCUT2D eigenvalue weighted by Gasteiger charge is -2.24. The normalized spacial score (nSPS) is 13.5. The monoisotopic (exact) mass is 286 g/mol. The van der Waals surface area contributed by atoms with Gasteiger partial charge in [-0.1, -0.05) is 30.3 Å². The molecule has 5 heteroatoms. The second-order valence-electron chi connectivity index (χ2n) is 5.22. The van der Waals surface area contributed by atoms with Gasteiger partial charge in [-0.25, -0.2) is 0 Å². The first kappa shape index (κ1) is 15.0. The number of aliphatic hydroxyl groups is 1. The maximum absolute atomic E-state index is 12.1. The number of amides is 1. The number of carbonyl (C=O) groups excluding carboxylic acids is 1. The molecule has 0 saturated carbocycles. The summed E-state index contributed by atoms with van der Waals surface area (Å²) in [5.41, 5.74) is 0.297. The Morgan fingerprint density at radius 2 is 2.00 bits per heavy atom. The SMILES string of the molecule is Cc1cc(=O)[nH]cc1C(=O)NCC(C)(O)c1ccccc1. The highest BCUT2D eigenvalue weighted by Crippen LogP contribution is 2.19. The first-order valence-corrected chi connectivity index (χ1v) is 6.65. The number of H-pyrrole nitrogens is 1. The molecule has 1 aromatic carbocycles. The van der Waals surface area contributed by atoms with Crippen molar-refractivity contribution in [2.75, 3.05) is 6.54 Å². The molecule has 0 aliphatic heterocycles. The highest BCUT2D eigenvalue weighted by Gasteiger charge is 2.24. The van der Waals surface area contributed by atoms with Gasteiger partial charge in [0.2, 0.25) is 5.56 Å². The fourth-order valence-electron chi connectivity index (χ4n) is 2.06. The zero-order valence-corrected chi connectivity index (χ0v) is 12.0. The van der Waals surface area contributed by atoms with Gasteiger partial charge in [-0.2, -0.15) is 0 Å². The van der Waals surface area contributed by atoms with E-state index in [4.69, 9.17) is 0 Å². The van der Waals surface area contributed by atoms with Gasteiger partial charge in [-0.15, -0.1) is 0 Å². The van der Waals surface area contributed by atoms with Crippen LogP contribution in [0.15, 0.2) is 47.4 Å². The van der Waals surface area contributed by atoms with Crippen LogP contribution in [0.5, 0.6) is 0 Å². The van der Waals surface area contributed by atoms with E-state index < -0.39 is 5.60 Å². The largest absolute Gasteiger partial charge is 0.384 e. The smallest absolute Gasteiger partial charge is 0.253 e. The van der Waals surface area contributed by atoms with E-state index in [1.165, 1.54) is 12.3 Å². The molecule has 2 aromatic rings. The van der Waals surface area contributed by atoms with Crippen LogP contribution in [0, 0.1) is 6.92 Å². The second-order valence-corrected chi connectivity index (χ2v) is 5.22. The number of hydrogen-bond donors (Lipinski definition) is 3. The molecule has 110 valence electrons. The van der Waals surface area contributed by atoms with Crippen molar-refractivity contribution in [2.45, 2.75) is 19.4 Å². The third-order valence-corrected chi connectivity index (χ3v) is 3.36. The number of benzene rings is 1. The molecule has 0 bridgehead atoms. The van der Waals surface area contributed by atoms with Crippen molar-refractivity contribution < 1.29 is 9.90 Å². The van der Waals surface area contributed by atoms with Gasteiger partial charge in [0.05, 0.1) is 12.1 Å². The fourth-order valence-corrected chi connectivity index (χ4v) is 2.06. The Bertz CT molecular complexity index is 690. The number of nitrogens with one attached hydrogen (secondary N) is 2. The summed E-state index contributed by atoms with van der Waals surface area (Å²) in [6.45, 7) is 3.41. The molecule has 21 heavy (non-hydrogen) atoms. The zero-order valence-electron chi connectivity index (χ0n) is 12.0. The minimum absolute atomic E-state index is 0.0778. The molecule has 1 amide bonds. The Balaban J connectivity index is 2.09. The quantitative estimate of drug-likeness (QED) is 0.793. The average Bonchev–Trinajstić information content (AvgIpc) is 2.46. The van der Waals surface area contributed by atoms with Crippen LogP contribution in [0.3, 0.4) is 0 Å². The van der Waals surface area contributed by atoms with Gasteiger partial charge >= 0.3 is 0 Å². The number of rotatable bonds is 4. The topological polar surface area (TPSA) is 82.2 Å². The predicted molar refractivity (Wildman–Crippen MR) is 80.1 cm³/mol. The Kier molecular flexibility index (Phi) is 4.23. The summed E-state index contributed by atoms with van der Waals surface area (Å²) in [6.07, 6.45) is 1.38. The lowest BCUT2D eigenvalue weighted by Crippen LogP contribution is -2.39. The molecular formula is C16H18N2O3. The molecule has 0 aliphatic carbocycles. The van der Waals surface area contributed by atoms with E-state index in [-0.39, 0.29) is 18.0 Å². The van der Waals surface area contributed by atoms with Crippen molar-refractivity contribution in [1.29, 1.82) is 0 Å². The molecule has 1 unspecified atom stereocenters. The summed E-state index contributed by atoms with van der Waals surface area (Å²) in [7, 11) is 0. The van der Waals surface area contributed by atoms with Crippen LogP contribution in [0.2, 0.25) is 0 Å². The molecule has 1 heterocycles. The van der Waals surface area contributed by atoms with Crippen molar-refractivity contribution >= 4 is 5.91 Å². The van der Waals surface area contributed by atoms with E-state index in [0.717, 1.165) is 5.56 Å². The maximum Gasteiger partial charge on any atom is 0.253 e. The van der Waals surface area contributed by atoms with E-state index in [0.29, 0.717) is 11.1 Å². The molecule has 1 atom stereocenters. The van der Waals surface area contributed by atoms with Crippen LogP contribution in [0.4, 0.5) is 0 Å². The van der Waals surface area contributed by atoms with Crippen molar-refractivity contribution in [3.05, 3.63) is 69.6 Å². The molecule has 0 aliphatic rings. The van der Waals surface area contributed by atoms with Gasteiger partial charge in [0.15, 0.2) is 0 Å². The summed E-state index contributed by atoms with van der Waals surface area (Å²) in [5, 5.41) is 13.1. The first-order valence-electron chi connectivity index (χ1n) is 6.65. The second kappa shape index (κ2) is 5.93. The summed E-state index contributed by atoms with van der Waals surface area (Å²) in [5.74, 6) is -0.333. The van der Waals surface area contributed by atoms with Gasteiger partial charge in [0, 0.05) is 12.3 Å². The van der Waals surface area contributed by atoms with Crippen molar-refractivity contribution in [2.24, 2.45) is 0 Å². The Labute approximate surface area is 122 Å². The fraction of sp³-hybridized carbons (Fsp3) is 0.250. The third kappa shape index (κ3) is 3.58. The lowest BCUT2D eigenvalue weighted by atomic mass is 9.96. The number of carbonyl (C=O) groups is 1. The molecule has 1 aromatic heterocycles. The van der Waals surface area contributed by atoms with Crippen LogP contribution in [0.1, 0.15) is 28.4 Å². The lowest BCUT2D eigenvalue weighted by molar-refractivity contribution is 0.0526. The van der Waals surface area contributed by atoms with Crippen LogP contribution >= 0.6 is 0 Å². The molecule has 0 saturated heterocycles. The van der Waals surface area contributed by atoms with E-state index in [2.05, 4.69) is 10.3 Å². The number of hydrogen-bond acceptors (Lipinski definition) is 3. The van der Waals surface area contributed by atoms with Gasteiger partial charge in [0.25, 0.3) is 5.91 Å². The van der Waals surface area contributed by atoms with E-state index >= 15 is 0 Å². The van der Waals surface area contributed by atoms with Crippen LogP contribution < -0.4 is 10.9 Å². The molecule has 0 fully saturated rings. The number of pyridine rings is 1. The third-order valence-electron chi connectivity index (χ3n) is 3.36.